The third kappa shape index (κ3) is 3.00. The Hall–Kier alpha value is -0.0800. The molecule has 3 atom stereocenters. The molecule has 2 nitrogen and oxygen atoms in total. The predicted molar refractivity (Wildman–Crippen MR) is 81.4 cm³/mol. The van der Waals surface area contributed by atoms with Crippen molar-refractivity contribution in [2.45, 2.75) is 95.8 Å². The minimum absolute atomic E-state index is 0.824. The van der Waals surface area contributed by atoms with Crippen LogP contribution in [0.3, 0.4) is 0 Å². The highest BCUT2D eigenvalue weighted by Crippen LogP contribution is 2.35. The molecule has 2 heteroatoms. The largest absolute Gasteiger partial charge is 0.311 e. The van der Waals surface area contributed by atoms with Gasteiger partial charge in [0.2, 0.25) is 0 Å². The lowest BCUT2D eigenvalue weighted by Gasteiger charge is -2.43. The minimum Gasteiger partial charge on any atom is -0.311 e. The van der Waals surface area contributed by atoms with Gasteiger partial charge in [0, 0.05) is 24.2 Å². The Morgan fingerprint density at radius 1 is 1.05 bits per heavy atom. The van der Waals surface area contributed by atoms with Crippen LogP contribution in [0.2, 0.25) is 0 Å². The van der Waals surface area contributed by atoms with Crippen molar-refractivity contribution in [2.75, 3.05) is 6.54 Å². The molecular formula is C17H32N2. The van der Waals surface area contributed by atoms with Crippen LogP contribution in [0, 0.1) is 5.92 Å². The highest BCUT2D eigenvalue weighted by Gasteiger charge is 2.38. The molecule has 3 rings (SSSR count). The number of hydrogen-bond acceptors (Lipinski definition) is 2. The SMILES string of the molecule is CCCN(C1CC2CCC(C1)N2)C(C)C1CCCC1. The Balaban J connectivity index is 1.65. The van der Waals surface area contributed by atoms with Gasteiger partial charge in [0.15, 0.2) is 0 Å². The van der Waals surface area contributed by atoms with Gasteiger partial charge in [-0.15, -0.1) is 0 Å². The van der Waals surface area contributed by atoms with E-state index in [2.05, 4.69) is 24.1 Å². The van der Waals surface area contributed by atoms with Crippen LogP contribution >= 0.6 is 0 Å². The van der Waals surface area contributed by atoms with Gasteiger partial charge in [0.1, 0.15) is 0 Å². The molecule has 0 spiro atoms. The highest BCUT2D eigenvalue weighted by molar-refractivity contribution is 4.97. The van der Waals surface area contributed by atoms with Crippen LogP contribution in [0.15, 0.2) is 0 Å². The van der Waals surface area contributed by atoms with Crippen LogP contribution in [0.5, 0.6) is 0 Å². The topological polar surface area (TPSA) is 15.3 Å². The summed E-state index contributed by atoms with van der Waals surface area (Å²) >= 11 is 0. The Morgan fingerprint density at radius 3 is 2.26 bits per heavy atom. The van der Waals surface area contributed by atoms with Gasteiger partial charge in [-0.05, 0) is 64.3 Å². The molecule has 110 valence electrons. The molecule has 3 unspecified atom stereocenters. The predicted octanol–water partition coefficient (Wildman–Crippen LogP) is 3.56. The van der Waals surface area contributed by atoms with Gasteiger partial charge in [0.25, 0.3) is 0 Å². The Kier molecular flexibility index (Phi) is 4.48. The Labute approximate surface area is 119 Å². The van der Waals surface area contributed by atoms with Crippen LogP contribution in [0.1, 0.15) is 71.6 Å². The minimum atomic E-state index is 0.824. The van der Waals surface area contributed by atoms with Crippen molar-refractivity contribution in [3.63, 3.8) is 0 Å². The van der Waals surface area contributed by atoms with Crippen molar-refractivity contribution >= 4 is 0 Å². The van der Waals surface area contributed by atoms with E-state index >= 15 is 0 Å². The quantitative estimate of drug-likeness (QED) is 0.817. The zero-order valence-electron chi connectivity index (χ0n) is 12.9. The molecule has 0 radical (unpaired) electrons. The van der Waals surface area contributed by atoms with Crippen LogP contribution in [-0.4, -0.2) is 35.6 Å². The van der Waals surface area contributed by atoms with E-state index in [4.69, 9.17) is 0 Å². The van der Waals surface area contributed by atoms with E-state index < -0.39 is 0 Å². The zero-order valence-corrected chi connectivity index (χ0v) is 12.9. The lowest BCUT2D eigenvalue weighted by atomic mass is 9.92. The Bertz CT molecular complexity index is 273. The first-order valence-corrected chi connectivity index (χ1v) is 8.79. The summed E-state index contributed by atoms with van der Waals surface area (Å²) in [6.07, 6.45) is 12.9. The summed E-state index contributed by atoms with van der Waals surface area (Å²) in [6.45, 7) is 6.20. The molecular weight excluding hydrogens is 232 g/mol. The second-order valence-electron chi connectivity index (χ2n) is 7.29. The lowest BCUT2D eigenvalue weighted by Crippen LogP contribution is -2.52. The number of nitrogens with zero attached hydrogens (tertiary/aromatic N) is 1. The van der Waals surface area contributed by atoms with Crippen molar-refractivity contribution in [1.82, 2.24) is 10.2 Å². The molecule has 2 heterocycles. The normalized spacial score (nSPS) is 37.1. The maximum absolute atomic E-state index is 3.80. The summed E-state index contributed by atoms with van der Waals surface area (Å²) in [5, 5.41) is 3.80. The molecule has 1 aliphatic carbocycles. The third-order valence-electron chi connectivity index (χ3n) is 6.00. The van der Waals surface area contributed by atoms with E-state index in [1.807, 2.05) is 0 Å². The summed E-state index contributed by atoms with van der Waals surface area (Å²) in [7, 11) is 0. The third-order valence-corrected chi connectivity index (χ3v) is 6.00. The summed E-state index contributed by atoms with van der Waals surface area (Å²) in [4.78, 5) is 2.90. The molecule has 2 bridgehead atoms. The van der Waals surface area contributed by atoms with E-state index in [9.17, 15) is 0 Å². The zero-order chi connectivity index (χ0) is 13.2. The summed E-state index contributed by atoms with van der Waals surface area (Å²) in [5.74, 6) is 0.985. The van der Waals surface area contributed by atoms with E-state index in [0.717, 1.165) is 30.1 Å². The summed E-state index contributed by atoms with van der Waals surface area (Å²) in [6, 6.07) is 3.36. The van der Waals surface area contributed by atoms with Crippen LogP contribution < -0.4 is 5.32 Å². The smallest absolute Gasteiger partial charge is 0.0128 e. The van der Waals surface area contributed by atoms with E-state index in [1.165, 1.54) is 64.3 Å². The van der Waals surface area contributed by atoms with Crippen LogP contribution in [0.25, 0.3) is 0 Å². The molecule has 0 amide bonds. The number of hydrogen-bond donors (Lipinski definition) is 1. The second-order valence-corrected chi connectivity index (χ2v) is 7.29. The van der Waals surface area contributed by atoms with Gasteiger partial charge in [0.05, 0.1) is 0 Å². The van der Waals surface area contributed by atoms with Gasteiger partial charge in [-0.3, -0.25) is 4.90 Å². The first kappa shape index (κ1) is 13.9. The number of fused-ring (bicyclic) bond motifs is 2. The Morgan fingerprint density at radius 2 is 1.68 bits per heavy atom. The van der Waals surface area contributed by atoms with Crippen molar-refractivity contribution in [3.8, 4) is 0 Å². The second kappa shape index (κ2) is 6.13. The van der Waals surface area contributed by atoms with Gasteiger partial charge in [-0.1, -0.05) is 19.8 Å². The summed E-state index contributed by atoms with van der Waals surface area (Å²) in [5.41, 5.74) is 0. The van der Waals surface area contributed by atoms with Gasteiger partial charge in [-0.2, -0.15) is 0 Å². The van der Waals surface area contributed by atoms with Gasteiger partial charge < -0.3 is 5.32 Å². The number of nitrogens with one attached hydrogen (secondary N) is 1. The molecule has 3 fully saturated rings. The first-order valence-electron chi connectivity index (χ1n) is 8.79. The molecule has 0 aromatic carbocycles. The molecule has 19 heavy (non-hydrogen) atoms. The molecule has 1 saturated carbocycles. The van der Waals surface area contributed by atoms with E-state index in [0.29, 0.717) is 0 Å². The maximum Gasteiger partial charge on any atom is 0.0128 e. The molecule has 1 N–H and O–H groups in total. The maximum atomic E-state index is 3.80. The standard InChI is InChI=1S/C17H32N2/c1-3-10-19(13(2)14-6-4-5-7-14)17-11-15-8-9-16(12-17)18-15/h13-18H,3-12H2,1-2H3. The van der Waals surface area contributed by atoms with Crippen molar-refractivity contribution in [3.05, 3.63) is 0 Å². The van der Waals surface area contributed by atoms with Crippen molar-refractivity contribution < 1.29 is 0 Å². The average molecular weight is 264 g/mol. The van der Waals surface area contributed by atoms with Gasteiger partial charge >= 0.3 is 0 Å². The van der Waals surface area contributed by atoms with Crippen LogP contribution in [-0.2, 0) is 0 Å². The van der Waals surface area contributed by atoms with Crippen molar-refractivity contribution in [2.24, 2.45) is 5.92 Å². The number of rotatable bonds is 5. The average Bonchev–Trinajstić information content (AvgIpc) is 3.05. The number of piperidine rings is 1. The molecule has 2 aliphatic heterocycles. The van der Waals surface area contributed by atoms with E-state index in [1.54, 1.807) is 0 Å². The highest BCUT2D eigenvalue weighted by atomic mass is 15.2. The first-order chi connectivity index (χ1) is 9.28. The van der Waals surface area contributed by atoms with Gasteiger partial charge in [-0.25, -0.2) is 0 Å². The lowest BCUT2D eigenvalue weighted by molar-refractivity contribution is 0.0720. The fourth-order valence-electron chi connectivity index (χ4n) is 4.99. The molecule has 3 aliphatic rings. The summed E-state index contributed by atoms with van der Waals surface area (Å²) < 4.78 is 0. The monoisotopic (exact) mass is 264 g/mol. The molecule has 0 aromatic heterocycles. The molecule has 2 saturated heterocycles. The fourth-order valence-corrected chi connectivity index (χ4v) is 4.99. The fraction of sp³-hybridized carbons (Fsp3) is 1.00. The van der Waals surface area contributed by atoms with Crippen LogP contribution in [0.4, 0.5) is 0 Å². The van der Waals surface area contributed by atoms with Crippen molar-refractivity contribution in [1.29, 1.82) is 0 Å². The molecule has 0 aromatic rings. The van der Waals surface area contributed by atoms with E-state index in [-0.39, 0.29) is 0 Å².